The average Bonchev–Trinajstić information content (AvgIpc) is 2.93. The molecule has 1 aromatic carbocycles. The lowest BCUT2D eigenvalue weighted by Crippen LogP contribution is -2.40. The first-order valence-electron chi connectivity index (χ1n) is 6.98. The van der Waals surface area contributed by atoms with Gasteiger partial charge < -0.3 is 16.4 Å². The van der Waals surface area contributed by atoms with E-state index in [0.29, 0.717) is 12.2 Å². The highest BCUT2D eigenvalue weighted by molar-refractivity contribution is 5.85. The standard InChI is InChI=1S/C15H21N3O2/c16-13-7-5-11(6-8-13)9-18(10-14(17)19)15(20)12-3-1-2-4-12/h5-8,12H,1-4,9-10,16H2,(H2,17,19). The topological polar surface area (TPSA) is 89.4 Å². The molecule has 0 aromatic heterocycles. The maximum atomic E-state index is 12.4. The summed E-state index contributed by atoms with van der Waals surface area (Å²) in [5.74, 6) is -0.395. The van der Waals surface area contributed by atoms with Crippen LogP contribution in [-0.4, -0.2) is 23.3 Å². The fraction of sp³-hybridized carbons (Fsp3) is 0.467. The molecule has 5 nitrogen and oxygen atoms in total. The number of carbonyl (C=O) groups is 2. The third-order valence-corrected chi connectivity index (χ3v) is 3.72. The van der Waals surface area contributed by atoms with Crippen molar-refractivity contribution in [2.75, 3.05) is 12.3 Å². The molecule has 0 unspecified atom stereocenters. The number of anilines is 1. The molecule has 1 aliphatic carbocycles. The highest BCUT2D eigenvalue weighted by Crippen LogP contribution is 2.27. The number of carbonyl (C=O) groups excluding carboxylic acids is 2. The molecular weight excluding hydrogens is 254 g/mol. The number of rotatable bonds is 5. The molecule has 0 heterocycles. The molecule has 5 heteroatoms. The Morgan fingerprint density at radius 3 is 2.30 bits per heavy atom. The van der Waals surface area contributed by atoms with Crippen LogP contribution >= 0.6 is 0 Å². The van der Waals surface area contributed by atoms with Gasteiger partial charge in [-0.2, -0.15) is 0 Å². The molecule has 1 aromatic rings. The normalized spacial score (nSPS) is 15.2. The van der Waals surface area contributed by atoms with E-state index in [1.807, 2.05) is 12.1 Å². The van der Waals surface area contributed by atoms with Crippen LogP contribution in [0.15, 0.2) is 24.3 Å². The minimum Gasteiger partial charge on any atom is -0.399 e. The summed E-state index contributed by atoms with van der Waals surface area (Å²) in [4.78, 5) is 25.2. The molecule has 4 N–H and O–H groups in total. The number of nitrogen functional groups attached to an aromatic ring is 1. The van der Waals surface area contributed by atoms with Crippen LogP contribution in [0.3, 0.4) is 0 Å². The fourth-order valence-electron chi connectivity index (χ4n) is 2.67. The molecule has 0 bridgehead atoms. The van der Waals surface area contributed by atoms with Crippen LogP contribution in [0.4, 0.5) is 5.69 Å². The Balaban J connectivity index is 2.08. The van der Waals surface area contributed by atoms with Gasteiger partial charge in [0.05, 0.1) is 6.54 Å². The van der Waals surface area contributed by atoms with Crippen molar-refractivity contribution in [2.24, 2.45) is 11.7 Å². The quantitative estimate of drug-likeness (QED) is 0.793. The smallest absolute Gasteiger partial charge is 0.237 e. The van der Waals surface area contributed by atoms with Crippen molar-refractivity contribution >= 4 is 17.5 Å². The van der Waals surface area contributed by atoms with Crippen LogP contribution in [0, 0.1) is 5.92 Å². The van der Waals surface area contributed by atoms with E-state index in [2.05, 4.69) is 0 Å². The minimum absolute atomic E-state index is 0.0281. The lowest BCUT2D eigenvalue weighted by atomic mass is 10.1. The first-order chi connectivity index (χ1) is 9.56. The third-order valence-electron chi connectivity index (χ3n) is 3.72. The number of hydrogen-bond acceptors (Lipinski definition) is 3. The summed E-state index contributed by atoms with van der Waals surface area (Å²) in [6.45, 7) is 0.373. The molecule has 20 heavy (non-hydrogen) atoms. The van der Waals surface area contributed by atoms with E-state index >= 15 is 0 Å². The number of hydrogen-bond donors (Lipinski definition) is 2. The van der Waals surface area contributed by atoms with Crippen molar-refractivity contribution in [1.29, 1.82) is 0 Å². The zero-order chi connectivity index (χ0) is 14.5. The maximum absolute atomic E-state index is 12.4. The van der Waals surface area contributed by atoms with Gasteiger partial charge in [-0.1, -0.05) is 25.0 Å². The number of amides is 2. The van der Waals surface area contributed by atoms with Crippen molar-refractivity contribution in [3.63, 3.8) is 0 Å². The lowest BCUT2D eigenvalue weighted by Gasteiger charge is -2.24. The molecule has 2 amide bonds. The van der Waals surface area contributed by atoms with E-state index < -0.39 is 5.91 Å². The SMILES string of the molecule is NC(=O)CN(Cc1ccc(N)cc1)C(=O)C1CCCC1. The van der Waals surface area contributed by atoms with Crippen LogP contribution in [0.2, 0.25) is 0 Å². The molecule has 108 valence electrons. The zero-order valence-electron chi connectivity index (χ0n) is 11.5. The van der Waals surface area contributed by atoms with E-state index in [0.717, 1.165) is 31.2 Å². The van der Waals surface area contributed by atoms with Gasteiger partial charge in [0.25, 0.3) is 0 Å². The van der Waals surface area contributed by atoms with Gasteiger partial charge in [-0.25, -0.2) is 0 Å². The lowest BCUT2D eigenvalue weighted by molar-refractivity contribution is -0.139. The second-order valence-electron chi connectivity index (χ2n) is 5.38. The molecule has 1 aliphatic rings. The Labute approximate surface area is 118 Å². The fourth-order valence-corrected chi connectivity index (χ4v) is 2.67. The van der Waals surface area contributed by atoms with Gasteiger partial charge in [-0.3, -0.25) is 9.59 Å². The van der Waals surface area contributed by atoms with Gasteiger partial charge in [0.2, 0.25) is 11.8 Å². The van der Waals surface area contributed by atoms with Gasteiger partial charge in [0.1, 0.15) is 0 Å². The number of primary amides is 1. The summed E-state index contributed by atoms with van der Waals surface area (Å²) >= 11 is 0. The van der Waals surface area contributed by atoms with Crippen LogP contribution in [0.25, 0.3) is 0 Å². The van der Waals surface area contributed by atoms with Crippen LogP contribution in [0.5, 0.6) is 0 Å². The average molecular weight is 275 g/mol. The Kier molecular flexibility index (Phi) is 4.61. The summed E-state index contributed by atoms with van der Waals surface area (Å²) in [6, 6.07) is 7.31. The molecule has 0 spiro atoms. The summed E-state index contributed by atoms with van der Waals surface area (Å²) in [7, 11) is 0. The summed E-state index contributed by atoms with van der Waals surface area (Å²) in [5.41, 5.74) is 12.5. The zero-order valence-corrected chi connectivity index (χ0v) is 11.5. The van der Waals surface area contributed by atoms with Crippen LogP contribution < -0.4 is 11.5 Å². The third kappa shape index (κ3) is 3.73. The number of nitrogens with two attached hydrogens (primary N) is 2. The molecule has 1 saturated carbocycles. The molecule has 0 saturated heterocycles. The van der Waals surface area contributed by atoms with Gasteiger partial charge in [0.15, 0.2) is 0 Å². The Hall–Kier alpha value is -2.04. The van der Waals surface area contributed by atoms with Gasteiger partial charge in [-0.15, -0.1) is 0 Å². The van der Waals surface area contributed by atoms with Crippen molar-refractivity contribution in [3.8, 4) is 0 Å². The molecular formula is C15H21N3O2. The van der Waals surface area contributed by atoms with Gasteiger partial charge in [-0.05, 0) is 30.5 Å². The largest absolute Gasteiger partial charge is 0.399 e. The van der Waals surface area contributed by atoms with Crippen LogP contribution in [0.1, 0.15) is 31.2 Å². The highest BCUT2D eigenvalue weighted by Gasteiger charge is 2.28. The number of nitrogens with zero attached hydrogens (tertiary/aromatic N) is 1. The van der Waals surface area contributed by atoms with E-state index in [4.69, 9.17) is 11.5 Å². The van der Waals surface area contributed by atoms with E-state index in [1.54, 1.807) is 17.0 Å². The predicted octanol–water partition coefficient (Wildman–Crippen LogP) is 1.27. The van der Waals surface area contributed by atoms with E-state index in [9.17, 15) is 9.59 Å². The summed E-state index contributed by atoms with van der Waals surface area (Å²) in [5, 5.41) is 0. The second-order valence-corrected chi connectivity index (χ2v) is 5.38. The van der Waals surface area contributed by atoms with Crippen molar-refractivity contribution in [2.45, 2.75) is 32.2 Å². The highest BCUT2D eigenvalue weighted by atomic mass is 16.2. The summed E-state index contributed by atoms with van der Waals surface area (Å²) in [6.07, 6.45) is 4.00. The molecule has 0 radical (unpaired) electrons. The maximum Gasteiger partial charge on any atom is 0.237 e. The van der Waals surface area contributed by atoms with Gasteiger partial charge >= 0.3 is 0 Å². The number of benzene rings is 1. The molecule has 1 fully saturated rings. The molecule has 0 aliphatic heterocycles. The van der Waals surface area contributed by atoms with Crippen molar-refractivity contribution in [1.82, 2.24) is 4.90 Å². The molecule has 2 rings (SSSR count). The van der Waals surface area contributed by atoms with Crippen LogP contribution in [-0.2, 0) is 16.1 Å². The first kappa shape index (κ1) is 14.4. The van der Waals surface area contributed by atoms with Crippen molar-refractivity contribution in [3.05, 3.63) is 29.8 Å². The Bertz CT molecular complexity index is 478. The summed E-state index contributed by atoms with van der Waals surface area (Å²) < 4.78 is 0. The predicted molar refractivity (Wildman–Crippen MR) is 77.4 cm³/mol. The Morgan fingerprint density at radius 1 is 1.15 bits per heavy atom. The minimum atomic E-state index is -0.480. The Morgan fingerprint density at radius 2 is 1.75 bits per heavy atom. The second kappa shape index (κ2) is 6.41. The van der Waals surface area contributed by atoms with E-state index in [-0.39, 0.29) is 18.4 Å². The van der Waals surface area contributed by atoms with Gasteiger partial charge in [0, 0.05) is 18.2 Å². The first-order valence-corrected chi connectivity index (χ1v) is 6.98. The van der Waals surface area contributed by atoms with Crippen molar-refractivity contribution < 1.29 is 9.59 Å². The van der Waals surface area contributed by atoms with E-state index in [1.165, 1.54) is 0 Å². The molecule has 0 atom stereocenters. The monoisotopic (exact) mass is 275 g/mol.